The molecule has 0 aliphatic heterocycles. The van der Waals surface area contributed by atoms with Gasteiger partial charge in [0.1, 0.15) is 5.69 Å². The number of hydrogen-bond donors (Lipinski definition) is 1. The monoisotopic (exact) mass is 290 g/mol. The van der Waals surface area contributed by atoms with E-state index in [4.69, 9.17) is 11.6 Å². The van der Waals surface area contributed by atoms with E-state index in [1.165, 1.54) is 6.20 Å². The predicted molar refractivity (Wildman–Crippen MR) is 64.6 cm³/mol. The van der Waals surface area contributed by atoms with Gasteiger partial charge in [0, 0.05) is 17.6 Å². The number of rotatable bonds is 4. The van der Waals surface area contributed by atoms with Gasteiger partial charge in [0.25, 0.3) is 5.91 Å². The van der Waals surface area contributed by atoms with E-state index in [0.717, 1.165) is 6.42 Å². The summed E-state index contributed by atoms with van der Waals surface area (Å²) in [5.41, 5.74) is 0.384. The Morgan fingerprint density at radius 2 is 2.40 bits per heavy atom. The molecule has 0 bridgehead atoms. The molecule has 5 heteroatoms. The number of hydrogen-bond acceptors (Lipinski definition) is 2. The summed E-state index contributed by atoms with van der Waals surface area (Å²) in [4.78, 5) is 15.8. The minimum atomic E-state index is -0.176. The van der Waals surface area contributed by atoms with Gasteiger partial charge in [0.05, 0.1) is 5.02 Å². The minimum Gasteiger partial charge on any atom is -0.350 e. The summed E-state index contributed by atoms with van der Waals surface area (Å²) in [5.74, 6) is -0.176. The van der Waals surface area contributed by atoms with Gasteiger partial charge in [0.2, 0.25) is 0 Å². The average Bonchev–Trinajstić information content (AvgIpc) is 2.26. The van der Waals surface area contributed by atoms with Crippen LogP contribution >= 0.6 is 27.5 Å². The lowest BCUT2D eigenvalue weighted by Gasteiger charge is -2.08. The van der Waals surface area contributed by atoms with Gasteiger partial charge in [-0.1, -0.05) is 34.5 Å². The van der Waals surface area contributed by atoms with Crippen molar-refractivity contribution >= 4 is 33.4 Å². The molecule has 1 atom stereocenters. The van der Waals surface area contributed by atoms with Crippen LogP contribution in [0.4, 0.5) is 0 Å². The first-order valence-electron chi connectivity index (χ1n) is 4.67. The van der Waals surface area contributed by atoms with Crippen LogP contribution in [0.1, 0.15) is 23.8 Å². The van der Waals surface area contributed by atoms with Gasteiger partial charge in [-0.2, -0.15) is 0 Å². The normalized spacial score (nSPS) is 12.2. The van der Waals surface area contributed by atoms with Crippen molar-refractivity contribution in [1.82, 2.24) is 10.3 Å². The highest BCUT2D eigenvalue weighted by atomic mass is 79.9. The molecule has 15 heavy (non-hydrogen) atoms. The second-order valence-corrected chi connectivity index (χ2v) is 4.81. The fraction of sp³-hybridized carbons (Fsp3) is 0.400. The van der Waals surface area contributed by atoms with Crippen LogP contribution in [0.5, 0.6) is 0 Å². The summed E-state index contributed by atoms with van der Waals surface area (Å²) >= 11 is 9.10. The van der Waals surface area contributed by atoms with Crippen molar-refractivity contribution in [2.45, 2.75) is 18.2 Å². The Bertz CT molecular complexity index is 329. The summed E-state index contributed by atoms with van der Waals surface area (Å²) in [6.07, 6.45) is 2.43. The van der Waals surface area contributed by atoms with Crippen LogP contribution in [0.15, 0.2) is 18.3 Å². The molecule has 0 aliphatic rings. The molecular weight excluding hydrogens is 279 g/mol. The Hall–Kier alpha value is -0.610. The van der Waals surface area contributed by atoms with Crippen molar-refractivity contribution in [3.05, 3.63) is 29.0 Å². The molecule has 1 heterocycles. The molecule has 0 saturated heterocycles. The van der Waals surface area contributed by atoms with Crippen LogP contribution in [0, 0.1) is 0 Å². The molecular formula is C10H12BrClN2O. The van der Waals surface area contributed by atoms with Crippen LogP contribution in [0.2, 0.25) is 5.02 Å². The number of pyridine rings is 1. The molecule has 82 valence electrons. The van der Waals surface area contributed by atoms with Gasteiger partial charge < -0.3 is 5.32 Å². The summed E-state index contributed by atoms with van der Waals surface area (Å²) in [6.45, 7) is 2.64. The maximum atomic E-state index is 11.5. The first-order valence-corrected chi connectivity index (χ1v) is 5.96. The quantitative estimate of drug-likeness (QED) is 0.867. The van der Waals surface area contributed by atoms with Crippen LogP contribution in [-0.2, 0) is 0 Å². The fourth-order valence-electron chi connectivity index (χ4n) is 0.948. The van der Waals surface area contributed by atoms with Crippen molar-refractivity contribution < 1.29 is 4.79 Å². The van der Waals surface area contributed by atoms with Crippen LogP contribution in [-0.4, -0.2) is 22.3 Å². The van der Waals surface area contributed by atoms with Crippen molar-refractivity contribution in [2.24, 2.45) is 0 Å². The lowest BCUT2D eigenvalue weighted by Crippen LogP contribution is -2.29. The molecule has 0 aliphatic carbocycles. The average molecular weight is 292 g/mol. The molecule has 0 aromatic carbocycles. The zero-order valence-corrected chi connectivity index (χ0v) is 10.7. The second kappa shape index (κ2) is 6.08. The number of aromatic nitrogens is 1. The number of alkyl halides is 1. The SMILES string of the molecule is CCC(Br)CNC(=O)c1ccc(Cl)cn1. The maximum absolute atomic E-state index is 11.5. The third kappa shape index (κ3) is 4.18. The molecule has 3 nitrogen and oxygen atoms in total. The lowest BCUT2D eigenvalue weighted by atomic mass is 10.3. The van der Waals surface area contributed by atoms with Gasteiger partial charge in [-0.15, -0.1) is 0 Å². The second-order valence-electron chi connectivity index (χ2n) is 3.08. The van der Waals surface area contributed by atoms with Crippen LogP contribution in [0.3, 0.4) is 0 Å². The summed E-state index contributed by atoms with van der Waals surface area (Å²) in [6, 6.07) is 3.25. The molecule has 1 aromatic heterocycles. The molecule has 0 saturated carbocycles. The Morgan fingerprint density at radius 3 is 2.93 bits per heavy atom. The first kappa shape index (κ1) is 12.5. The first-order chi connectivity index (χ1) is 7.13. The predicted octanol–water partition coefficient (Wildman–Crippen LogP) is 2.64. The van der Waals surface area contributed by atoms with Gasteiger partial charge in [-0.3, -0.25) is 4.79 Å². The smallest absolute Gasteiger partial charge is 0.269 e. The Labute approximate surface area is 102 Å². The van der Waals surface area contributed by atoms with E-state index in [1.54, 1.807) is 12.1 Å². The number of amides is 1. The van der Waals surface area contributed by atoms with E-state index >= 15 is 0 Å². The number of nitrogens with zero attached hydrogens (tertiary/aromatic N) is 1. The highest BCUT2D eigenvalue weighted by Crippen LogP contribution is 2.06. The zero-order valence-electron chi connectivity index (χ0n) is 8.34. The van der Waals surface area contributed by atoms with Gasteiger partial charge in [-0.25, -0.2) is 4.98 Å². The highest BCUT2D eigenvalue weighted by molar-refractivity contribution is 9.09. The molecule has 1 amide bonds. The number of halogens is 2. The Balaban J connectivity index is 2.50. The maximum Gasteiger partial charge on any atom is 0.269 e. The zero-order chi connectivity index (χ0) is 11.3. The van der Waals surface area contributed by atoms with Gasteiger partial charge >= 0.3 is 0 Å². The summed E-state index contributed by atoms with van der Waals surface area (Å²) < 4.78 is 0. The number of carbonyl (C=O) groups is 1. The topological polar surface area (TPSA) is 42.0 Å². The molecule has 0 radical (unpaired) electrons. The molecule has 0 fully saturated rings. The van der Waals surface area contributed by atoms with E-state index in [-0.39, 0.29) is 5.91 Å². The van der Waals surface area contributed by atoms with E-state index in [1.807, 2.05) is 6.92 Å². The minimum absolute atomic E-state index is 0.176. The number of carbonyl (C=O) groups excluding carboxylic acids is 1. The van der Waals surface area contributed by atoms with E-state index in [9.17, 15) is 4.79 Å². The molecule has 1 N–H and O–H groups in total. The largest absolute Gasteiger partial charge is 0.350 e. The van der Waals surface area contributed by atoms with Crippen LogP contribution in [0.25, 0.3) is 0 Å². The van der Waals surface area contributed by atoms with Crippen molar-refractivity contribution in [3.8, 4) is 0 Å². The fourth-order valence-corrected chi connectivity index (χ4v) is 1.22. The standard InChI is InChI=1S/C10H12BrClN2O/c1-2-7(11)5-14-10(15)9-4-3-8(12)6-13-9/h3-4,6-7H,2,5H2,1H3,(H,14,15). The van der Waals surface area contributed by atoms with Crippen molar-refractivity contribution in [3.63, 3.8) is 0 Å². The Kier molecular flexibility index (Phi) is 5.05. The third-order valence-electron chi connectivity index (χ3n) is 1.89. The Morgan fingerprint density at radius 1 is 1.67 bits per heavy atom. The summed E-state index contributed by atoms with van der Waals surface area (Å²) in [7, 11) is 0. The van der Waals surface area contributed by atoms with Crippen LogP contribution < -0.4 is 5.32 Å². The van der Waals surface area contributed by atoms with Gasteiger partial charge in [0.15, 0.2) is 0 Å². The highest BCUT2D eigenvalue weighted by Gasteiger charge is 2.08. The van der Waals surface area contributed by atoms with Crippen molar-refractivity contribution in [1.29, 1.82) is 0 Å². The van der Waals surface area contributed by atoms with E-state index in [0.29, 0.717) is 22.1 Å². The summed E-state index contributed by atoms with van der Waals surface area (Å²) in [5, 5.41) is 3.30. The molecule has 0 spiro atoms. The number of nitrogens with one attached hydrogen (secondary N) is 1. The lowest BCUT2D eigenvalue weighted by molar-refractivity contribution is 0.0949. The van der Waals surface area contributed by atoms with Gasteiger partial charge in [-0.05, 0) is 18.6 Å². The third-order valence-corrected chi connectivity index (χ3v) is 3.08. The van der Waals surface area contributed by atoms with Crippen molar-refractivity contribution in [2.75, 3.05) is 6.54 Å². The van der Waals surface area contributed by atoms with E-state index in [2.05, 4.69) is 26.2 Å². The molecule has 1 aromatic rings. The molecule has 1 unspecified atom stereocenters. The van der Waals surface area contributed by atoms with E-state index < -0.39 is 0 Å². The molecule has 1 rings (SSSR count).